The van der Waals surface area contributed by atoms with E-state index in [1.807, 2.05) is 0 Å². The molecule has 3 rings (SSSR count). The van der Waals surface area contributed by atoms with Crippen LogP contribution in [0.4, 0.5) is 13.2 Å². The normalized spacial score (nSPS) is 24.4. The van der Waals surface area contributed by atoms with Crippen molar-refractivity contribution in [2.24, 2.45) is 7.05 Å². The first-order chi connectivity index (χ1) is 10.9. The van der Waals surface area contributed by atoms with Crippen molar-refractivity contribution in [1.29, 1.82) is 0 Å². The number of hydrogen-bond acceptors (Lipinski definition) is 4. The largest absolute Gasteiger partial charge is 0.419 e. The Morgan fingerprint density at radius 2 is 2.04 bits per heavy atom. The summed E-state index contributed by atoms with van der Waals surface area (Å²) in [6.45, 7) is 3.79. The minimum absolute atomic E-state index is 0.197. The van der Waals surface area contributed by atoms with Crippen LogP contribution in [0.15, 0.2) is 6.20 Å². The molecular formula is C15H23F3N4O. The molecule has 5 nitrogen and oxygen atoms in total. The summed E-state index contributed by atoms with van der Waals surface area (Å²) < 4.78 is 45.6. The molecule has 130 valence electrons. The maximum atomic E-state index is 13.0. The smallest absolute Gasteiger partial charge is 0.380 e. The van der Waals surface area contributed by atoms with Gasteiger partial charge in [0.1, 0.15) is 0 Å². The zero-order valence-corrected chi connectivity index (χ0v) is 13.3. The fourth-order valence-electron chi connectivity index (χ4n) is 3.43. The molecule has 8 heteroatoms. The van der Waals surface area contributed by atoms with Crippen LogP contribution in [0.25, 0.3) is 0 Å². The van der Waals surface area contributed by atoms with Gasteiger partial charge in [-0.1, -0.05) is 0 Å². The molecule has 2 aliphatic rings. The zero-order valence-electron chi connectivity index (χ0n) is 13.3. The third-order valence-corrected chi connectivity index (χ3v) is 4.88. The molecule has 23 heavy (non-hydrogen) atoms. The van der Waals surface area contributed by atoms with Crippen LogP contribution in [0.2, 0.25) is 0 Å². The molecule has 1 unspecified atom stereocenters. The average Bonchev–Trinajstić information content (AvgIpc) is 3.15. The van der Waals surface area contributed by atoms with Gasteiger partial charge in [-0.15, -0.1) is 0 Å². The van der Waals surface area contributed by atoms with E-state index in [0.717, 1.165) is 51.8 Å². The first kappa shape index (κ1) is 16.7. The first-order valence-electron chi connectivity index (χ1n) is 8.08. The molecular weight excluding hydrogens is 309 g/mol. The number of ether oxygens (including phenoxy) is 1. The molecule has 2 fully saturated rings. The number of likely N-dealkylation sites (tertiary alicyclic amines) is 1. The predicted octanol–water partition coefficient (Wildman–Crippen LogP) is 1.78. The highest BCUT2D eigenvalue weighted by Gasteiger charge is 2.36. The second-order valence-corrected chi connectivity index (χ2v) is 6.33. The number of nitrogens with one attached hydrogen (secondary N) is 1. The highest BCUT2D eigenvalue weighted by atomic mass is 19.4. The van der Waals surface area contributed by atoms with Crippen LogP contribution in [-0.4, -0.2) is 53.1 Å². The lowest BCUT2D eigenvalue weighted by Crippen LogP contribution is -2.46. The highest BCUT2D eigenvalue weighted by molar-refractivity contribution is 5.21. The summed E-state index contributed by atoms with van der Waals surface area (Å²) in [4.78, 5) is 2.44. The van der Waals surface area contributed by atoms with Crippen molar-refractivity contribution in [3.8, 4) is 0 Å². The minimum atomic E-state index is -4.35. The Bertz CT molecular complexity index is 517. The number of aromatic nitrogens is 2. The Kier molecular flexibility index (Phi) is 4.93. The lowest BCUT2D eigenvalue weighted by atomic mass is 10.0. The molecule has 2 saturated heterocycles. The number of halogens is 3. The number of alkyl halides is 3. The van der Waals surface area contributed by atoms with Crippen molar-refractivity contribution in [2.45, 2.75) is 44.1 Å². The maximum Gasteiger partial charge on any atom is 0.419 e. The molecule has 0 bridgehead atoms. The quantitative estimate of drug-likeness (QED) is 0.913. The van der Waals surface area contributed by atoms with Gasteiger partial charge in [-0.25, -0.2) is 0 Å². The molecule has 0 radical (unpaired) electrons. The molecule has 0 saturated carbocycles. The summed E-state index contributed by atoms with van der Waals surface area (Å²) >= 11 is 0. The van der Waals surface area contributed by atoms with Gasteiger partial charge in [-0.2, -0.15) is 18.3 Å². The van der Waals surface area contributed by atoms with Gasteiger partial charge in [0.25, 0.3) is 0 Å². The molecule has 0 aliphatic carbocycles. The van der Waals surface area contributed by atoms with Crippen LogP contribution >= 0.6 is 0 Å². The second kappa shape index (κ2) is 6.78. The maximum absolute atomic E-state index is 13.0. The summed E-state index contributed by atoms with van der Waals surface area (Å²) in [5.74, 6) is 0. The van der Waals surface area contributed by atoms with E-state index in [2.05, 4.69) is 15.3 Å². The lowest BCUT2D eigenvalue weighted by Gasteiger charge is -2.35. The van der Waals surface area contributed by atoms with Gasteiger partial charge < -0.3 is 10.1 Å². The van der Waals surface area contributed by atoms with Crippen LogP contribution in [0.1, 0.15) is 30.5 Å². The molecule has 1 atom stereocenters. The molecule has 0 aromatic carbocycles. The Hall–Kier alpha value is -1.12. The number of aryl methyl sites for hydroxylation is 1. The summed E-state index contributed by atoms with van der Waals surface area (Å²) in [6.07, 6.45) is -0.454. The van der Waals surface area contributed by atoms with Crippen LogP contribution in [0.5, 0.6) is 0 Å². The van der Waals surface area contributed by atoms with Gasteiger partial charge >= 0.3 is 6.18 Å². The van der Waals surface area contributed by atoms with Gasteiger partial charge in [-0.05, 0) is 19.3 Å². The topological polar surface area (TPSA) is 42.3 Å². The SMILES string of the molecule is Cn1ncc(C(F)(F)F)c1CNC1CCN(C2CCOC2)CC1. The Morgan fingerprint density at radius 3 is 2.65 bits per heavy atom. The summed E-state index contributed by atoms with van der Waals surface area (Å²) in [6, 6.07) is 0.773. The lowest BCUT2D eigenvalue weighted by molar-refractivity contribution is -0.138. The van der Waals surface area contributed by atoms with E-state index in [1.54, 1.807) is 7.05 Å². The van der Waals surface area contributed by atoms with E-state index in [-0.39, 0.29) is 18.3 Å². The van der Waals surface area contributed by atoms with E-state index in [1.165, 1.54) is 4.68 Å². The van der Waals surface area contributed by atoms with Crippen LogP contribution in [0, 0.1) is 0 Å². The van der Waals surface area contributed by atoms with E-state index in [0.29, 0.717) is 6.04 Å². The summed E-state index contributed by atoms with van der Waals surface area (Å²) in [5.41, 5.74) is -0.447. The monoisotopic (exact) mass is 332 g/mol. The summed E-state index contributed by atoms with van der Waals surface area (Å²) in [7, 11) is 1.55. The molecule has 1 aromatic heterocycles. The van der Waals surface area contributed by atoms with Gasteiger partial charge in [0.05, 0.1) is 24.1 Å². The molecule has 3 heterocycles. The van der Waals surface area contributed by atoms with Crippen molar-refractivity contribution in [1.82, 2.24) is 20.0 Å². The van der Waals surface area contributed by atoms with Crippen molar-refractivity contribution >= 4 is 0 Å². The standard InChI is InChI=1S/C15H23F3N4O/c1-21-14(13(8-20-21)15(16,17)18)9-19-11-2-5-22(6-3-11)12-4-7-23-10-12/h8,11-12,19H,2-7,9-10H2,1H3. The predicted molar refractivity (Wildman–Crippen MR) is 78.9 cm³/mol. The van der Waals surface area contributed by atoms with Crippen LogP contribution in [-0.2, 0) is 24.5 Å². The van der Waals surface area contributed by atoms with E-state index < -0.39 is 11.7 Å². The third kappa shape index (κ3) is 3.87. The van der Waals surface area contributed by atoms with E-state index >= 15 is 0 Å². The minimum Gasteiger partial charge on any atom is -0.380 e. The third-order valence-electron chi connectivity index (χ3n) is 4.88. The van der Waals surface area contributed by atoms with Crippen molar-refractivity contribution < 1.29 is 17.9 Å². The molecule has 0 amide bonds. The van der Waals surface area contributed by atoms with Gasteiger partial charge in [0.2, 0.25) is 0 Å². The van der Waals surface area contributed by atoms with Gasteiger partial charge in [-0.3, -0.25) is 9.58 Å². The number of piperidine rings is 1. The molecule has 2 aliphatic heterocycles. The Morgan fingerprint density at radius 1 is 1.30 bits per heavy atom. The van der Waals surface area contributed by atoms with Crippen LogP contribution in [0.3, 0.4) is 0 Å². The number of nitrogens with zero attached hydrogens (tertiary/aromatic N) is 3. The van der Waals surface area contributed by atoms with Crippen molar-refractivity contribution in [3.63, 3.8) is 0 Å². The molecule has 1 aromatic rings. The van der Waals surface area contributed by atoms with Gasteiger partial charge in [0.15, 0.2) is 0 Å². The summed E-state index contributed by atoms with van der Waals surface area (Å²) in [5, 5.41) is 7.02. The first-order valence-corrected chi connectivity index (χ1v) is 8.08. The number of rotatable bonds is 4. The second-order valence-electron chi connectivity index (χ2n) is 6.33. The van der Waals surface area contributed by atoms with Crippen molar-refractivity contribution in [2.75, 3.05) is 26.3 Å². The zero-order chi connectivity index (χ0) is 16.4. The van der Waals surface area contributed by atoms with E-state index in [9.17, 15) is 13.2 Å². The van der Waals surface area contributed by atoms with Crippen molar-refractivity contribution in [3.05, 3.63) is 17.5 Å². The fraction of sp³-hybridized carbons (Fsp3) is 0.800. The Labute approximate surface area is 133 Å². The Balaban J connectivity index is 1.51. The van der Waals surface area contributed by atoms with Crippen LogP contribution < -0.4 is 5.32 Å². The molecule has 0 spiro atoms. The van der Waals surface area contributed by atoms with Gasteiger partial charge in [0, 0.05) is 45.4 Å². The number of hydrogen-bond donors (Lipinski definition) is 1. The highest BCUT2D eigenvalue weighted by Crippen LogP contribution is 2.31. The average molecular weight is 332 g/mol. The van der Waals surface area contributed by atoms with E-state index in [4.69, 9.17) is 4.74 Å². The fourth-order valence-corrected chi connectivity index (χ4v) is 3.43. The molecule has 1 N–H and O–H groups in total.